The molecule has 5 heteroatoms. The van der Waals surface area contributed by atoms with Crippen LogP contribution in [-0.2, 0) is 6.61 Å². The molecule has 0 aliphatic rings. The summed E-state index contributed by atoms with van der Waals surface area (Å²) >= 11 is 0. The van der Waals surface area contributed by atoms with Crippen LogP contribution in [0.1, 0.15) is 11.4 Å². The second-order valence-corrected chi connectivity index (χ2v) is 6.38. The van der Waals surface area contributed by atoms with Crippen LogP contribution in [0.15, 0.2) is 77.6 Å². The van der Waals surface area contributed by atoms with Gasteiger partial charge in [-0.2, -0.15) is 0 Å². The first-order valence-corrected chi connectivity index (χ1v) is 8.68. The van der Waals surface area contributed by atoms with E-state index in [9.17, 15) is 4.79 Å². The molecule has 0 saturated heterocycles. The average Bonchev–Trinajstić information content (AvgIpc) is 2.69. The van der Waals surface area contributed by atoms with Gasteiger partial charge in [0.05, 0.1) is 16.6 Å². The predicted molar refractivity (Wildman–Crippen MR) is 107 cm³/mol. The lowest BCUT2D eigenvalue weighted by Crippen LogP contribution is -2.25. The van der Waals surface area contributed by atoms with E-state index < -0.39 is 0 Å². The minimum atomic E-state index is -0.132. The van der Waals surface area contributed by atoms with Crippen molar-refractivity contribution in [3.8, 4) is 11.4 Å². The normalized spacial score (nSPS) is 10.9. The van der Waals surface area contributed by atoms with Crippen molar-refractivity contribution < 1.29 is 4.74 Å². The van der Waals surface area contributed by atoms with E-state index in [2.05, 4.69) is 4.98 Å². The van der Waals surface area contributed by atoms with Crippen LogP contribution in [0, 0.1) is 6.92 Å². The Bertz CT molecular complexity index is 1150. The molecule has 1 aromatic heterocycles. The molecule has 27 heavy (non-hydrogen) atoms. The summed E-state index contributed by atoms with van der Waals surface area (Å²) in [5, 5.41) is 0.563. The molecule has 2 N–H and O–H groups in total. The van der Waals surface area contributed by atoms with Crippen molar-refractivity contribution in [2.75, 3.05) is 5.73 Å². The number of fused-ring (bicyclic) bond motifs is 1. The van der Waals surface area contributed by atoms with Crippen LogP contribution in [0.5, 0.6) is 5.75 Å². The topological polar surface area (TPSA) is 70.1 Å². The summed E-state index contributed by atoms with van der Waals surface area (Å²) in [5.74, 6) is 1.26. The fourth-order valence-electron chi connectivity index (χ4n) is 2.95. The van der Waals surface area contributed by atoms with Gasteiger partial charge in [-0.05, 0) is 55.5 Å². The van der Waals surface area contributed by atoms with Crippen molar-refractivity contribution in [1.82, 2.24) is 9.55 Å². The molecule has 0 unspecified atom stereocenters. The third kappa shape index (κ3) is 3.40. The maximum absolute atomic E-state index is 13.1. The Morgan fingerprint density at radius 3 is 2.41 bits per heavy atom. The highest BCUT2D eigenvalue weighted by Gasteiger charge is 2.13. The minimum absolute atomic E-state index is 0.132. The Morgan fingerprint density at radius 2 is 1.67 bits per heavy atom. The summed E-state index contributed by atoms with van der Waals surface area (Å²) in [4.78, 5) is 17.8. The fourth-order valence-corrected chi connectivity index (χ4v) is 2.95. The SMILES string of the molecule is Cc1ccc(OCc2nc3ccccc3c(=O)n2-c2ccc(N)cc2)cc1. The molecule has 0 spiro atoms. The lowest BCUT2D eigenvalue weighted by atomic mass is 10.2. The zero-order valence-corrected chi connectivity index (χ0v) is 14.9. The van der Waals surface area contributed by atoms with Gasteiger partial charge in [0.2, 0.25) is 0 Å². The number of rotatable bonds is 4. The fraction of sp³-hybridized carbons (Fsp3) is 0.0909. The Kier molecular flexibility index (Phi) is 4.34. The molecule has 5 nitrogen and oxygen atoms in total. The van der Waals surface area contributed by atoms with Crippen LogP contribution >= 0.6 is 0 Å². The van der Waals surface area contributed by atoms with Gasteiger partial charge in [-0.15, -0.1) is 0 Å². The van der Waals surface area contributed by atoms with Crippen molar-refractivity contribution in [3.63, 3.8) is 0 Å². The smallest absolute Gasteiger partial charge is 0.266 e. The number of hydrogen-bond acceptors (Lipinski definition) is 4. The Hall–Kier alpha value is -3.60. The first-order valence-electron chi connectivity index (χ1n) is 8.68. The Labute approximate surface area is 156 Å². The number of nitrogens with two attached hydrogens (primary N) is 1. The monoisotopic (exact) mass is 357 g/mol. The molecule has 4 rings (SSSR count). The van der Waals surface area contributed by atoms with E-state index in [1.54, 1.807) is 22.8 Å². The van der Waals surface area contributed by atoms with E-state index >= 15 is 0 Å². The van der Waals surface area contributed by atoms with Crippen LogP contribution in [-0.4, -0.2) is 9.55 Å². The van der Waals surface area contributed by atoms with Gasteiger partial charge in [-0.3, -0.25) is 9.36 Å². The molecular formula is C22H19N3O2. The van der Waals surface area contributed by atoms with E-state index in [-0.39, 0.29) is 12.2 Å². The number of para-hydroxylation sites is 1. The van der Waals surface area contributed by atoms with E-state index in [0.717, 1.165) is 11.3 Å². The zero-order valence-electron chi connectivity index (χ0n) is 14.9. The molecule has 0 bridgehead atoms. The predicted octanol–water partition coefficient (Wildman–Crippen LogP) is 3.86. The van der Waals surface area contributed by atoms with Crippen LogP contribution in [0.3, 0.4) is 0 Å². The zero-order chi connectivity index (χ0) is 18.8. The molecule has 4 aromatic rings. The summed E-state index contributed by atoms with van der Waals surface area (Å²) < 4.78 is 7.47. The van der Waals surface area contributed by atoms with Gasteiger partial charge in [0.1, 0.15) is 12.4 Å². The minimum Gasteiger partial charge on any atom is -0.486 e. The van der Waals surface area contributed by atoms with Crippen molar-refractivity contribution in [2.24, 2.45) is 0 Å². The highest BCUT2D eigenvalue weighted by molar-refractivity contribution is 5.77. The number of anilines is 1. The van der Waals surface area contributed by atoms with Crippen LogP contribution in [0.25, 0.3) is 16.6 Å². The lowest BCUT2D eigenvalue weighted by Gasteiger charge is -2.14. The first kappa shape index (κ1) is 16.8. The third-order valence-corrected chi connectivity index (χ3v) is 4.39. The molecule has 1 heterocycles. The standard InChI is InChI=1S/C22H19N3O2/c1-15-6-12-18(13-7-15)27-14-21-24-20-5-3-2-4-19(20)22(26)25(21)17-10-8-16(23)9-11-17/h2-13H,14,23H2,1H3. The summed E-state index contributed by atoms with van der Waals surface area (Å²) in [7, 11) is 0. The van der Waals surface area contributed by atoms with Gasteiger partial charge in [-0.25, -0.2) is 4.98 Å². The number of benzene rings is 3. The molecule has 0 aliphatic heterocycles. The van der Waals surface area contributed by atoms with Gasteiger partial charge in [0.15, 0.2) is 5.82 Å². The molecule has 0 fully saturated rings. The molecule has 0 atom stereocenters. The largest absolute Gasteiger partial charge is 0.486 e. The molecule has 0 amide bonds. The number of ether oxygens (including phenoxy) is 1. The summed E-state index contributed by atoms with van der Waals surface area (Å²) in [6, 6.07) is 22.2. The second kappa shape index (κ2) is 6.96. The number of aromatic nitrogens is 2. The Morgan fingerprint density at radius 1 is 0.963 bits per heavy atom. The van der Waals surface area contributed by atoms with E-state index in [4.69, 9.17) is 10.5 Å². The van der Waals surface area contributed by atoms with Crippen molar-refractivity contribution >= 4 is 16.6 Å². The van der Waals surface area contributed by atoms with Gasteiger partial charge < -0.3 is 10.5 Å². The summed E-state index contributed by atoms with van der Waals surface area (Å²) in [6.45, 7) is 2.20. The van der Waals surface area contributed by atoms with Gasteiger partial charge in [-0.1, -0.05) is 29.8 Å². The van der Waals surface area contributed by atoms with Gasteiger partial charge >= 0.3 is 0 Å². The number of hydrogen-bond donors (Lipinski definition) is 1. The molecular weight excluding hydrogens is 338 g/mol. The third-order valence-electron chi connectivity index (χ3n) is 4.39. The van der Waals surface area contributed by atoms with Gasteiger partial charge in [0.25, 0.3) is 5.56 Å². The van der Waals surface area contributed by atoms with Crippen LogP contribution < -0.4 is 16.0 Å². The highest BCUT2D eigenvalue weighted by atomic mass is 16.5. The molecule has 0 aliphatic carbocycles. The van der Waals surface area contributed by atoms with E-state index in [0.29, 0.717) is 28.1 Å². The average molecular weight is 357 g/mol. The quantitative estimate of drug-likeness (QED) is 0.563. The van der Waals surface area contributed by atoms with Crippen molar-refractivity contribution in [3.05, 3.63) is 94.5 Å². The number of aryl methyl sites for hydroxylation is 1. The molecule has 0 radical (unpaired) electrons. The van der Waals surface area contributed by atoms with Crippen LogP contribution in [0.4, 0.5) is 5.69 Å². The second-order valence-electron chi connectivity index (χ2n) is 6.38. The number of nitrogen functional groups attached to an aromatic ring is 1. The summed E-state index contributed by atoms with van der Waals surface area (Å²) in [6.07, 6.45) is 0. The number of nitrogens with zero attached hydrogens (tertiary/aromatic N) is 2. The maximum atomic E-state index is 13.1. The summed E-state index contributed by atoms with van der Waals surface area (Å²) in [5.41, 5.74) is 8.81. The van der Waals surface area contributed by atoms with E-state index in [1.165, 1.54) is 0 Å². The Balaban J connectivity index is 1.81. The first-order chi connectivity index (χ1) is 13.1. The maximum Gasteiger partial charge on any atom is 0.266 e. The van der Waals surface area contributed by atoms with Gasteiger partial charge in [0, 0.05) is 5.69 Å². The van der Waals surface area contributed by atoms with Crippen molar-refractivity contribution in [1.29, 1.82) is 0 Å². The highest BCUT2D eigenvalue weighted by Crippen LogP contribution is 2.17. The lowest BCUT2D eigenvalue weighted by molar-refractivity contribution is 0.292. The van der Waals surface area contributed by atoms with Crippen molar-refractivity contribution in [2.45, 2.75) is 13.5 Å². The molecule has 3 aromatic carbocycles. The molecule has 0 saturated carbocycles. The van der Waals surface area contributed by atoms with E-state index in [1.807, 2.05) is 61.5 Å². The van der Waals surface area contributed by atoms with Crippen LogP contribution in [0.2, 0.25) is 0 Å². The molecule has 134 valence electrons.